The van der Waals surface area contributed by atoms with Crippen LogP contribution in [-0.2, 0) is 23.7 Å². The minimum absolute atomic E-state index is 0.107. The van der Waals surface area contributed by atoms with E-state index in [9.17, 15) is 25.2 Å². The quantitative estimate of drug-likeness (QED) is 0.0268. The Labute approximate surface area is 413 Å². The number of esters is 1. The first-order chi connectivity index (χ1) is 33.4. The van der Waals surface area contributed by atoms with Crippen molar-refractivity contribution in [1.29, 1.82) is 0 Å². The van der Waals surface area contributed by atoms with Crippen molar-refractivity contribution in [2.75, 3.05) is 26.4 Å². The smallest absolute Gasteiger partial charge is 0.306 e. The Kier molecular flexibility index (Phi) is 44.3. The molecule has 0 radical (unpaired) electrons. The summed E-state index contributed by atoms with van der Waals surface area (Å²) < 4.78 is 22.8. The van der Waals surface area contributed by atoms with Crippen LogP contribution >= 0.6 is 0 Å². The van der Waals surface area contributed by atoms with Crippen LogP contribution in [0.25, 0.3) is 0 Å². The zero-order chi connectivity index (χ0) is 49.2. The number of allylic oxidation sites excluding steroid dienone is 22. The Bertz CT molecular complexity index is 1500. The Morgan fingerprint density at radius 1 is 0.471 bits per heavy atom. The highest BCUT2D eigenvalue weighted by Crippen LogP contribution is 2.22. The third-order valence-electron chi connectivity index (χ3n) is 11.1. The molecule has 1 fully saturated rings. The number of hydrogen-bond donors (Lipinski definition) is 4. The number of aliphatic hydroxyl groups excluding tert-OH is 4. The SMILES string of the molecule is CC/C=C\C/C=C\C/C=C\C/C=C\C/C=C\C/C=C\C/C=C\CCCC(=O)OC(COCCCCCCCCCCC/C=C\C/C=C\C/C=C\C/C=C\CC)COC1OC(CO)C(O)C(O)C1O. The highest BCUT2D eigenvalue weighted by atomic mass is 16.7. The van der Waals surface area contributed by atoms with Crippen LogP contribution < -0.4 is 0 Å². The molecule has 4 N–H and O–H groups in total. The van der Waals surface area contributed by atoms with Crippen LogP contribution in [0.3, 0.4) is 0 Å². The van der Waals surface area contributed by atoms with Crippen molar-refractivity contribution in [3.05, 3.63) is 134 Å². The van der Waals surface area contributed by atoms with Gasteiger partial charge in [-0.15, -0.1) is 0 Å². The van der Waals surface area contributed by atoms with E-state index in [2.05, 4.69) is 148 Å². The standard InChI is InChI=1S/C59H94O9/c1-3-5-7-9-11-13-15-17-19-21-23-25-27-28-30-32-34-36-38-40-42-44-46-48-55(61)67-53(52-66-59-58(64)57(63)56(62)54(50-60)68-59)51-65-49-47-45-43-41-39-37-35-33-31-29-26-24-22-20-18-16-14-12-10-8-6-4-2/h5-8,11-14,17-20,23-26,28,30,34,36,40,42,53-54,56-60,62-64H,3-4,9-10,15-16,21-22,27,29,31-33,35,37-39,41,43-52H2,1-2H3/b7-5-,8-6-,13-11-,14-12-,19-17-,20-18-,25-23-,26-24-,30-28-,36-34-,42-40-. The Balaban J connectivity index is 2.27. The van der Waals surface area contributed by atoms with E-state index in [1.54, 1.807) is 0 Å². The van der Waals surface area contributed by atoms with Gasteiger partial charge < -0.3 is 39.4 Å². The lowest BCUT2D eigenvalue weighted by molar-refractivity contribution is -0.305. The second-order valence-corrected chi connectivity index (χ2v) is 17.2. The predicted molar refractivity (Wildman–Crippen MR) is 283 cm³/mol. The van der Waals surface area contributed by atoms with Crippen LogP contribution in [-0.4, -0.2) is 89.6 Å². The maximum atomic E-state index is 12.8. The molecule has 0 aliphatic carbocycles. The molecule has 6 atom stereocenters. The summed E-state index contributed by atoms with van der Waals surface area (Å²) in [5.41, 5.74) is 0. The van der Waals surface area contributed by atoms with Crippen LogP contribution in [0.2, 0.25) is 0 Å². The van der Waals surface area contributed by atoms with Crippen molar-refractivity contribution >= 4 is 5.97 Å². The van der Waals surface area contributed by atoms with Gasteiger partial charge >= 0.3 is 5.97 Å². The number of hydrogen-bond acceptors (Lipinski definition) is 9. The fraction of sp³-hybridized carbons (Fsp3) is 0.610. The van der Waals surface area contributed by atoms with Crippen LogP contribution in [0.1, 0.15) is 168 Å². The molecular weight excluding hydrogens is 853 g/mol. The first-order valence-corrected chi connectivity index (χ1v) is 26.3. The van der Waals surface area contributed by atoms with Crippen LogP contribution in [0.4, 0.5) is 0 Å². The predicted octanol–water partition coefficient (Wildman–Crippen LogP) is 13.3. The van der Waals surface area contributed by atoms with Crippen molar-refractivity contribution in [3.63, 3.8) is 0 Å². The van der Waals surface area contributed by atoms with E-state index in [0.29, 0.717) is 13.0 Å². The van der Waals surface area contributed by atoms with Gasteiger partial charge in [0.2, 0.25) is 0 Å². The van der Waals surface area contributed by atoms with Gasteiger partial charge in [0.25, 0.3) is 0 Å². The van der Waals surface area contributed by atoms with Crippen molar-refractivity contribution < 1.29 is 44.2 Å². The summed E-state index contributed by atoms with van der Waals surface area (Å²) in [6, 6.07) is 0. The Hall–Kier alpha value is -3.67. The maximum Gasteiger partial charge on any atom is 0.306 e. The molecule has 1 rings (SSSR count). The summed E-state index contributed by atoms with van der Waals surface area (Å²) in [6.45, 7) is 4.22. The maximum absolute atomic E-state index is 12.8. The number of rotatable bonds is 43. The van der Waals surface area contributed by atoms with Gasteiger partial charge in [-0.2, -0.15) is 0 Å². The molecule has 1 saturated heterocycles. The lowest BCUT2D eigenvalue weighted by Gasteiger charge is -2.39. The van der Waals surface area contributed by atoms with Crippen molar-refractivity contribution in [1.82, 2.24) is 0 Å². The van der Waals surface area contributed by atoms with Gasteiger partial charge in [0.05, 0.1) is 19.8 Å². The monoisotopic (exact) mass is 947 g/mol. The second kappa shape index (κ2) is 48.4. The fourth-order valence-electron chi connectivity index (χ4n) is 7.06. The van der Waals surface area contributed by atoms with E-state index in [1.807, 2.05) is 0 Å². The van der Waals surface area contributed by atoms with Crippen LogP contribution in [0.15, 0.2) is 134 Å². The zero-order valence-corrected chi connectivity index (χ0v) is 42.3. The van der Waals surface area contributed by atoms with Gasteiger partial charge in [-0.25, -0.2) is 0 Å². The van der Waals surface area contributed by atoms with Crippen LogP contribution in [0.5, 0.6) is 0 Å². The fourth-order valence-corrected chi connectivity index (χ4v) is 7.06. The second-order valence-electron chi connectivity index (χ2n) is 17.2. The third kappa shape index (κ3) is 38.2. The summed E-state index contributed by atoms with van der Waals surface area (Å²) in [6.07, 6.45) is 64.9. The summed E-state index contributed by atoms with van der Waals surface area (Å²) in [5, 5.41) is 40.3. The normalized spacial score (nSPS) is 20.2. The molecular formula is C59H94O9. The minimum Gasteiger partial charge on any atom is -0.457 e. The highest BCUT2D eigenvalue weighted by molar-refractivity contribution is 5.69. The van der Waals surface area contributed by atoms with Gasteiger partial charge in [0.15, 0.2) is 6.29 Å². The molecule has 0 saturated carbocycles. The average molecular weight is 947 g/mol. The number of carbonyl (C=O) groups is 1. The molecule has 1 heterocycles. The molecule has 0 bridgehead atoms. The molecule has 68 heavy (non-hydrogen) atoms. The van der Waals surface area contributed by atoms with E-state index in [1.165, 1.54) is 38.5 Å². The van der Waals surface area contributed by atoms with Crippen molar-refractivity contribution in [2.45, 2.75) is 205 Å². The van der Waals surface area contributed by atoms with E-state index in [0.717, 1.165) is 103 Å². The van der Waals surface area contributed by atoms with Crippen LogP contribution in [0, 0.1) is 0 Å². The molecule has 0 spiro atoms. The topological polar surface area (TPSA) is 135 Å². The lowest BCUT2D eigenvalue weighted by atomic mass is 9.99. The zero-order valence-electron chi connectivity index (χ0n) is 42.3. The minimum atomic E-state index is -1.56. The highest BCUT2D eigenvalue weighted by Gasteiger charge is 2.44. The van der Waals surface area contributed by atoms with Gasteiger partial charge in [-0.1, -0.05) is 192 Å². The number of aliphatic hydroxyl groups is 4. The van der Waals surface area contributed by atoms with E-state index >= 15 is 0 Å². The molecule has 1 aliphatic rings. The van der Waals surface area contributed by atoms with E-state index in [-0.39, 0.29) is 25.6 Å². The van der Waals surface area contributed by atoms with E-state index in [4.69, 9.17) is 18.9 Å². The van der Waals surface area contributed by atoms with Crippen molar-refractivity contribution in [3.8, 4) is 0 Å². The molecule has 6 unspecified atom stereocenters. The molecule has 0 amide bonds. The summed E-state index contributed by atoms with van der Waals surface area (Å²) >= 11 is 0. The lowest BCUT2D eigenvalue weighted by Crippen LogP contribution is -2.59. The molecule has 1 aliphatic heterocycles. The van der Waals surface area contributed by atoms with Gasteiger partial charge in [-0.05, 0) is 103 Å². The number of ether oxygens (including phenoxy) is 4. The van der Waals surface area contributed by atoms with E-state index < -0.39 is 43.4 Å². The third-order valence-corrected chi connectivity index (χ3v) is 11.1. The number of carbonyl (C=O) groups excluding carboxylic acids is 1. The molecule has 384 valence electrons. The summed E-state index contributed by atoms with van der Waals surface area (Å²) in [7, 11) is 0. The first-order valence-electron chi connectivity index (χ1n) is 26.3. The van der Waals surface area contributed by atoms with Gasteiger partial charge in [0, 0.05) is 13.0 Å². The first kappa shape index (κ1) is 62.3. The largest absolute Gasteiger partial charge is 0.457 e. The molecule has 9 heteroatoms. The Morgan fingerprint density at radius 2 is 0.853 bits per heavy atom. The van der Waals surface area contributed by atoms with Gasteiger partial charge in [0.1, 0.15) is 30.5 Å². The molecule has 0 aromatic carbocycles. The Morgan fingerprint density at radius 3 is 1.28 bits per heavy atom. The summed E-state index contributed by atoms with van der Waals surface area (Å²) in [4.78, 5) is 12.8. The molecule has 0 aromatic rings. The molecule has 9 nitrogen and oxygen atoms in total. The van der Waals surface area contributed by atoms with Gasteiger partial charge in [-0.3, -0.25) is 4.79 Å². The van der Waals surface area contributed by atoms with Crippen molar-refractivity contribution in [2.24, 2.45) is 0 Å². The number of unbranched alkanes of at least 4 members (excludes halogenated alkanes) is 10. The average Bonchev–Trinajstić information content (AvgIpc) is 3.34. The summed E-state index contributed by atoms with van der Waals surface area (Å²) in [5.74, 6) is -0.379. The molecule has 0 aromatic heterocycles.